The van der Waals surface area contributed by atoms with Crippen molar-refractivity contribution in [2.45, 2.75) is 20.3 Å². The third-order valence-corrected chi connectivity index (χ3v) is 4.42. The summed E-state index contributed by atoms with van der Waals surface area (Å²) < 4.78 is 16.4. The molecule has 1 heterocycles. The Morgan fingerprint density at radius 2 is 1.90 bits per heavy atom. The van der Waals surface area contributed by atoms with E-state index < -0.39 is 0 Å². The Kier molecular flexibility index (Phi) is 6.59. The number of benzene rings is 2. The van der Waals surface area contributed by atoms with Gasteiger partial charge >= 0.3 is 0 Å². The number of anilines is 2. The average molecular weight is 398 g/mol. The van der Waals surface area contributed by atoms with Crippen LogP contribution in [0.3, 0.4) is 0 Å². The van der Waals surface area contributed by atoms with E-state index in [9.17, 15) is 9.59 Å². The highest BCUT2D eigenvalue weighted by atomic mass is 16.5. The third-order valence-electron chi connectivity index (χ3n) is 4.42. The SMILES string of the molecule is COc1ccc(OCCN2C(=O)COc3ccc(NC(=O)CC(C)C)cc32)cc1. The third kappa shape index (κ3) is 5.40. The van der Waals surface area contributed by atoms with Crippen LogP contribution in [0.2, 0.25) is 0 Å². The van der Waals surface area contributed by atoms with Crippen molar-refractivity contribution in [3.8, 4) is 17.2 Å². The van der Waals surface area contributed by atoms with E-state index >= 15 is 0 Å². The molecule has 7 heteroatoms. The Bertz CT molecular complexity index is 864. The quantitative estimate of drug-likeness (QED) is 0.737. The van der Waals surface area contributed by atoms with E-state index in [-0.39, 0.29) is 24.3 Å². The van der Waals surface area contributed by atoms with Gasteiger partial charge in [0, 0.05) is 12.1 Å². The maximum absolute atomic E-state index is 12.4. The molecular weight excluding hydrogens is 372 g/mol. The monoisotopic (exact) mass is 398 g/mol. The molecule has 7 nitrogen and oxygen atoms in total. The molecule has 0 radical (unpaired) electrons. The first-order valence-corrected chi connectivity index (χ1v) is 9.60. The van der Waals surface area contributed by atoms with Crippen LogP contribution in [0, 0.1) is 5.92 Å². The molecule has 0 bridgehead atoms. The van der Waals surface area contributed by atoms with Gasteiger partial charge in [0.1, 0.15) is 23.9 Å². The Morgan fingerprint density at radius 3 is 2.59 bits per heavy atom. The molecule has 0 unspecified atom stereocenters. The molecule has 0 fully saturated rings. The summed E-state index contributed by atoms with van der Waals surface area (Å²) in [6.07, 6.45) is 0.436. The number of methoxy groups -OCH3 is 1. The summed E-state index contributed by atoms with van der Waals surface area (Å²) in [7, 11) is 1.61. The molecule has 0 saturated carbocycles. The topological polar surface area (TPSA) is 77.1 Å². The number of hydrogen-bond donors (Lipinski definition) is 1. The van der Waals surface area contributed by atoms with Crippen LogP contribution < -0.4 is 24.4 Å². The number of fused-ring (bicyclic) bond motifs is 1. The molecule has 1 aliphatic rings. The second kappa shape index (κ2) is 9.32. The second-order valence-electron chi connectivity index (χ2n) is 7.19. The van der Waals surface area contributed by atoms with Crippen molar-refractivity contribution in [2.75, 3.05) is 37.1 Å². The minimum absolute atomic E-state index is 0.0193. The number of carbonyl (C=O) groups is 2. The molecule has 0 aliphatic carbocycles. The number of rotatable bonds is 8. The zero-order chi connectivity index (χ0) is 20.8. The summed E-state index contributed by atoms with van der Waals surface area (Å²) >= 11 is 0. The molecule has 1 N–H and O–H groups in total. The summed E-state index contributed by atoms with van der Waals surface area (Å²) in [5, 5.41) is 2.88. The van der Waals surface area contributed by atoms with Crippen LogP contribution in [0.25, 0.3) is 0 Å². The van der Waals surface area contributed by atoms with Gasteiger partial charge in [-0.2, -0.15) is 0 Å². The lowest BCUT2D eigenvalue weighted by Crippen LogP contribution is -2.41. The number of ether oxygens (including phenoxy) is 3. The van der Waals surface area contributed by atoms with Gasteiger partial charge in [-0.05, 0) is 48.4 Å². The fraction of sp³-hybridized carbons (Fsp3) is 0.364. The van der Waals surface area contributed by atoms with Gasteiger partial charge in [0.2, 0.25) is 5.91 Å². The van der Waals surface area contributed by atoms with Crippen LogP contribution in [-0.4, -0.2) is 38.7 Å². The van der Waals surface area contributed by atoms with E-state index in [1.807, 2.05) is 38.1 Å². The number of nitrogens with one attached hydrogen (secondary N) is 1. The minimum atomic E-state index is -0.151. The summed E-state index contributed by atoms with van der Waals surface area (Å²) in [6, 6.07) is 12.6. The predicted octanol–water partition coefficient (Wildman–Crippen LogP) is 3.48. The zero-order valence-corrected chi connectivity index (χ0v) is 16.9. The van der Waals surface area contributed by atoms with Crippen molar-refractivity contribution in [3.63, 3.8) is 0 Å². The van der Waals surface area contributed by atoms with E-state index in [0.717, 1.165) is 5.75 Å². The molecule has 2 aromatic rings. The van der Waals surface area contributed by atoms with Crippen molar-refractivity contribution in [1.29, 1.82) is 0 Å². The molecule has 1 aliphatic heterocycles. The summed E-state index contributed by atoms with van der Waals surface area (Å²) in [5.74, 6) is 2.11. The summed E-state index contributed by atoms with van der Waals surface area (Å²) in [5.41, 5.74) is 1.26. The van der Waals surface area contributed by atoms with Crippen LogP contribution >= 0.6 is 0 Å². The standard InChI is InChI=1S/C22H26N2O5/c1-15(2)12-21(25)23-16-4-9-20-19(13-16)24(22(26)14-29-20)10-11-28-18-7-5-17(27-3)6-8-18/h4-9,13,15H,10-12,14H2,1-3H3,(H,23,25). The highest BCUT2D eigenvalue weighted by molar-refractivity contribution is 5.99. The lowest BCUT2D eigenvalue weighted by molar-refractivity contribution is -0.121. The molecule has 0 spiro atoms. The molecule has 0 atom stereocenters. The smallest absolute Gasteiger partial charge is 0.265 e. The highest BCUT2D eigenvalue weighted by Crippen LogP contribution is 2.34. The molecule has 154 valence electrons. The van der Waals surface area contributed by atoms with Gasteiger partial charge in [0.05, 0.1) is 19.3 Å². The number of nitrogens with zero attached hydrogens (tertiary/aromatic N) is 1. The van der Waals surface area contributed by atoms with E-state index in [2.05, 4.69) is 5.32 Å². The minimum Gasteiger partial charge on any atom is -0.497 e. The van der Waals surface area contributed by atoms with E-state index in [0.29, 0.717) is 42.4 Å². The first kappa shape index (κ1) is 20.5. The van der Waals surface area contributed by atoms with Gasteiger partial charge in [-0.25, -0.2) is 0 Å². The van der Waals surface area contributed by atoms with Crippen LogP contribution in [0.1, 0.15) is 20.3 Å². The van der Waals surface area contributed by atoms with Crippen LogP contribution in [0.15, 0.2) is 42.5 Å². The average Bonchev–Trinajstić information content (AvgIpc) is 2.69. The maximum atomic E-state index is 12.4. The Hall–Kier alpha value is -3.22. The maximum Gasteiger partial charge on any atom is 0.265 e. The Labute approximate surface area is 170 Å². The molecule has 2 amide bonds. The largest absolute Gasteiger partial charge is 0.497 e. The number of amides is 2. The van der Waals surface area contributed by atoms with Crippen LogP contribution in [0.4, 0.5) is 11.4 Å². The highest BCUT2D eigenvalue weighted by Gasteiger charge is 2.26. The Balaban J connectivity index is 1.67. The fourth-order valence-electron chi connectivity index (χ4n) is 3.03. The van der Waals surface area contributed by atoms with E-state index in [1.165, 1.54) is 0 Å². The van der Waals surface area contributed by atoms with Gasteiger partial charge in [0.25, 0.3) is 5.91 Å². The van der Waals surface area contributed by atoms with Gasteiger partial charge < -0.3 is 24.4 Å². The van der Waals surface area contributed by atoms with Gasteiger partial charge in [-0.15, -0.1) is 0 Å². The molecule has 3 rings (SSSR count). The van der Waals surface area contributed by atoms with Crippen LogP contribution in [0.5, 0.6) is 17.2 Å². The molecular formula is C22H26N2O5. The molecule has 2 aromatic carbocycles. The van der Waals surface area contributed by atoms with Gasteiger partial charge in [-0.1, -0.05) is 13.8 Å². The zero-order valence-electron chi connectivity index (χ0n) is 16.9. The normalized spacial score (nSPS) is 13.0. The molecule has 0 aromatic heterocycles. The van der Waals surface area contributed by atoms with Crippen molar-refractivity contribution < 1.29 is 23.8 Å². The van der Waals surface area contributed by atoms with Gasteiger partial charge in [0.15, 0.2) is 6.61 Å². The molecule has 0 saturated heterocycles. The van der Waals surface area contributed by atoms with Crippen molar-refractivity contribution >= 4 is 23.2 Å². The van der Waals surface area contributed by atoms with Gasteiger partial charge in [-0.3, -0.25) is 9.59 Å². The van der Waals surface area contributed by atoms with E-state index in [4.69, 9.17) is 14.2 Å². The summed E-state index contributed by atoms with van der Waals surface area (Å²) in [6.45, 7) is 4.65. The lowest BCUT2D eigenvalue weighted by Gasteiger charge is -2.29. The van der Waals surface area contributed by atoms with Crippen molar-refractivity contribution in [3.05, 3.63) is 42.5 Å². The predicted molar refractivity (Wildman–Crippen MR) is 111 cm³/mol. The lowest BCUT2D eigenvalue weighted by atomic mass is 10.1. The second-order valence-corrected chi connectivity index (χ2v) is 7.19. The van der Waals surface area contributed by atoms with Crippen molar-refractivity contribution in [2.24, 2.45) is 5.92 Å². The van der Waals surface area contributed by atoms with Crippen LogP contribution in [-0.2, 0) is 9.59 Å². The fourth-order valence-corrected chi connectivity index (χ4v) is 3.03. The Morgan fingerprint density at radius 1 is 1.17 bits per heavy atom. The first-order chi connectivity index (χ1) is 14.0. The molecule has 29 heavy (non-hydrogen) atoms. The summed E-state index contributed by atoms with van der Waals surface area (Å²) in [4.78, 5) is 26.1. The first-order valence-electron chi connectivity index (χ1n) is 9.60. The van der Waals surface area contributed by atoms with Crippen molar-refractivity contribution in [1.82, 2.24) is 0 Å². The van der Waals surface area contributed by atoms with E-state index in [1.54, 1.807) is 30.2 Å². The number of carbonyl (C=O) groups excluding carboxylic acids is 2. The number of hydrogen-bond acceptors (Lipinski definition) is 5.